The summed E-state index contributed by atoms with van der Waals surface area (Å²) in [4.78, 5) is 26.7. The summed E-state index contributed by atoms with van der Waals surface area (Å²) < 4.78 is 11.4. The number of carbonyl (C=O) groups is 2. The number of Topliss-reactive ketones (excluding diaryl/α,β-unsaturated/α-hetero) is 1. The van der Waals surface area contributed by atoms with Gasteiger partial charge in [0.1, 0.15) is 24.7 Å². The molecule has 4 rings (SSSR count). The van der Waals surface area contributed by atoms with Gasteiger partial charge in [-0.2, -0.15) is 0 Å². The van der Waals surface area contributed by atoms with Gasteiger partial charge in [-0.05, 0) is 55.8 Å². The van der Waals surface area contributed by atoms with Crippen LogP contribution < -0.4 is 15.2 Å². The van der Waals surface area contributed by atoms with E-state index in [9.17, 15) is 9.59 Å². The minimum atomic E-state index is -0.466. The van der Waals surface area contributed by atoms with Crippen LogP contribution in [0.5, 0.6) is 11.5 Å². The Kier molecular flexibility index (Phi) is 6.47. The molecule has 2 aromatic carbocycles. The number of aromatic nitrogens is 1. The van der Waals surface area contributed by atoms with Crippen LogP contribution in [0.25, 0.3) is 0 Å². The number of hydrogen-bond donors (Lipinski definition) is 1. The topological polar surface area (TPSA) is 91.5 Å². The molecule has 2 N–H and O–H groups in total. The van der Waals surface area contributed by atoms with Crippen LogP contribution in [-0.4, -0.2) is 23.3 Å². The lowest BCUT2D eigenvalue weighted by Crippen LogP contribution is -2.35. The van der Waals surface area contributed by atoms with Gasteiger partial charge in [0, 0.05) is 24.0 Å². The maximum atomic E-state index is 12.3. The Morgan fingerprint density at radius 2 is 1.80 bits per heavy atom. The van der Waals surface area contributed by atoms with Gasteiger partial charge in [-0.25, -0.2) is 0 Å². The molecule has 2 heterocycles. The van der Waals surface area contributed by atoms with Crippen molar-refractivity contribution in [1.82, 2.24) is 4.98 Å². The molecule has 0 bridgehead atoms. The van der Waals surface area contributed by atoms with Crippen molar-refractivity contribution >= 4 is 11.7 Å². The molecular formula is C24H24N2O4. The number of carbonyl (C=O) groups excluding carboxylic acids is 2. The van der Waals surface area contributed by atoms with Gasteiger partial charge in [-0.3, -0.25) is 14.6 Å². The molecule has 0 spiro atoms. The van der Waals surface area contributed by atoms with Gasteiger partial charge < -0.3 is 15.2 Å². The SMILES string of the molecule is CC1(C)COc2cc(OCc3ccncc3)ccc2C1=O.NC(=O)c1ccccc1. The second-order valence-electron chi connectivity index (χ2n) is 7.53. The monoisotopic (exact) mass is 404 g/mol. The van der Waals surface area contributed by atoms with E-state index in [1.165, 1.54) is 0 Å². The number of rotatable bonds is 4. The van der Waals surface area contributed by atoms with Crippen LogP contribution in [0.4, 0.5) is 0 Å². The van der Waals surface area contributed by atoms with E-state index >= 15 is 0 Å². The number of ketones is 1. The Hall–Kier alpha value is -3.67. The fourth-order valence-corrected chi connectivity index (χ4v) is 2.84. The molecule has 0 radical (unpaired) electrons. The largest absolute Gasteiger partial charge is 0.492 e. The van der Waals surface area contributed by atoms with Gasteiger partial charge in [-0.1, -0.05) is 18.2 Å². The molecule has 6 heteroatoms. The summed E-state index contributed by atoms with van der Waals surface area (Å²) in [7, 11) is 0. The number of benzene rings is 2. The first kappa shape index (κ1) is 21.0. The van der Waals surface area contributed by atoms with Gasteiger partial charge in [0.2, 0.25) is 5.91 Å². The molecule has 1 aliphatic rings. The molecule has 1 amide bonds. The van der Waals surface area contributed by atoms with Crippen LogP contribution in [0, 0.1) is 5.41 Å². The van der Waals surface area contributed by atoms with Crippen molar-refractivity contribution in [1.29, 1.82) is 0 Å². The van der Waals surface area contributed by atoms with Gasteiger partial charge in [0.05, 0.1) is 11.0 Å². The first-order valence-electron chi connectivity index (χ1n) is 9.55. The summed E-state index contributed by atoms with van der Waals surface area (Å²) in [5.74, 6) is 1.03. The van der Waals surface area contributed by atoms with Gasteiger partial charge in [0.15, 0.2) is 5.78 Å². The van der Waals surface area contributed by atoms with Crippen LogP contribution in [0.2, 0.25) is 0 Å². The van der Waals surface area contributed by atoms with Crippen molar-refractivity contribution in [2.45, 2.75) is 20.5 Å². The Balaban J connectivity index is 0.000000239. The maximum Gasteiger partial charge on any atom is 0.248 e. The van der Waals surface area contributed by atoms with Gasteiger partial charge >= 0.3 is 0 Å². The number of primary amides is 1. The Morgan fingerprint density at radius 3 is 2.43 bits per heavy atom. The zero-order valence-corrected chi connectivity index (χ0v) is 17.0. The molecule has 3 aromatic rings. The second-order valence-corrected chi connectivity index (χ2v) is 7.53. The highest BCUT2D eigenvalue weighted by Crippen LogP contribution is 2.36. The lowest BCUT2D eigenvalue weighted by molar-refractivity contribution is 0.0691. The molecule has 0 unspecified atom stereocenters. The molecule has 0 aliphatic carbocycles. The molecule has 0 atom stereocenters. The lowest BCUT2D eigenvalue weighted by atomic mass is 9.83. The Morgan fingerprint density at radius 1 is 1.10 bits per heavy atom. The predicted octanol–water partition coefficient (Wildman–Crippen LogP) is 4.05. The standard InChI is InChI=1S/C17H17NO3.C7H7NO/c1-17(2)11-21-15-9-13(3-4-14(15)16(17)19)20-10-12-5-7-18-8-6-12;8-7(9)6-4-2-1-3-5-6/h3-9H,10-11H2,1-2H3;1-5H,(H2,8,9). The highest BCUT2D eigenvalue weighted by molar-refractivity contribution is 6.03. The van der Waals surface area contributed by atoms with Crippen molar-refractivity contribution in [3.05, 3.63) is 89.7 Å². The maximum absolute atomic E-state index is 12.3. The first-order valence-corrected chi connectivity index (χ1v) is 9.55. The molecule has 0 saturated carbocycles. The van der Waals surface area contributed by atoms with E-state index in [2.05, 4.69) is 4.98 Å². The minimum absolute atomic E-state index is 0.115. The average Bonchev–Trinajstić information content (AvgIpc) is 2.77. The third-order valence-electron chi connectivity index (χ3n) is 4.61. The third kappa shape index (κ3) is 5.23. The van der Waals surface area contributed by atoms with Crippen molar-refractivity contribution in [2.24, 2.45) is 11.1 Å². The number of amides is 1. The van der Waals surface area contributed by atoms with Crippen molar-refractivity contribution in [3.63, 3.8) is 0 Å². The van der Waals surface area contributed by atoms with E-state index < -0.39 is 5.41 Å². The fourth-order valence-electron chi connectivity index (χ4n) is 2.84. The summed E-state index contributed by atoms with van der Waals surface area (Å²) in [6, 6.07) is 17.9. The normalized spacial score (nSPS) is 13.9. The summed E-state index contributed by atoms with van der Waals surface area (Å²) in [5, 5.41) is 0. The van der Waals surface area contributed by atoms with Crippen LogP contribution in [0.3, 0.4) is 0 Å². The molecule has 0 saturated heterocycles. The summed E-state index contributed by atoms with van der Waals surface area (Å²) in [6.07, 6.45) is 3.46. The number of hydrogen-bond acceptors (Lipinski definition) is 5. The number of ether oxygens (including phenoxy) is 2. The van der Waals surface area contributed by atoms with E-state index in [1.54, 1.807) is 48.8 Å². The summed E-state index contributed by atoms with van der Waals surface area (Å²) in [6.45, 7) is 4.64. The molecule has 0 fully saturated rings. The smallest absolute Gasteiger partial charge is 0.248 e. The molecule has 1 aromatic heterocycles. The average molecular weight is 404 g/mol. The van der Waals surface area contributed by atoms with Crippen LogP contribution in [-0.2, 0) is 6.61 Å². The van der Waals surface area contributed by atoms with Crippen molar-refractivity contribution in [2.75, 3.05) is 6.61 Å². The Labute approximate surface area is 175 Å². The number of fused-ring (bicyclic) bond motifs is 1. The zero-order valence-electron chi connectivity index (χ0n) is 17.0. The third-order valence-corrected chi connectivity index (χ3v) is 4.61. The number of nitrogens with two attached hydrogens (primary N) is 1. The van der Waals surface area contributed by atoms with Crippen molar-refractivity contribution in [3.8, 4) is 11.5 Å². The Bertz CT molecular complexity index is 1020. The number of nitrogens with zero attached hydrogens (tertiary/aromatic N) is 1. The van der Waals surface area contributed by atoms with Gasteiger partial charge in [-0.15, -0.1) is 0 Å². The number of pyridine rings is 1. The second kappa shape index (κ2) is 9.22. The van der Waals surface area contributed by atoms with Crippen LogP contribution in [0.15, 0.2) is 73.1 Å². The van der Waals surface area contributed by atoms with E-state index in [0.29, 0.717) is 35.8 Å². The van der Waals surface area contributed by atoms with Crippen LogP contribution >= 0.6 is 0 Å². The highest BCUT2D eigenvalue weighted by Gasteiger charge is 2.35. The van der Waals surface area contributed by atoms with Crippen LogP contribution in [0.1, 0.15) is 40.1 Å². The zero-order chi connectivity index (χ0) is 21.6. The first-order chi connectivity index (χ1) is 14.4. The van der Waals surface area contributed by atoms with Gasteiger partial charge in [0.25, 0.3) is 0 Å². The van der Waals surface area contributed by atoms with E-state index in [4.69, 9.17) is 15.2 Å². The van der Waals surface area contributed by atoms with E-state index in [1.807, 2.05) is 38.1 Å². The molecule has 154 valence electrons. The predicted molar refractivity (Wildman–Crippen MR) is 114 cm³/mol. The van der Waals surface area contributed by atoms with Crippen molar-refractivity contribution < 1.29 is 19.1 Å². The molecule has 6 nitrogen and oxygen atoms in total. The van der Waals surface area contributed by atoms with E-state index in [0.717, 1.165) is 5.56 Å². The lowest BCUT2D eigenvalue weighted by Gasteiger charge is -2.29. The summed E-state index contributed by atoms with van der Waals surface area (Å²) >= 11 is 0. The quantitative estimate of drug-likeness (QED) is 0.708. The highest BCUT2D eigenvalue weighted by atomic mass is 16.5. The fraction of sp³-hybridized carbons (Fsp3) is 0.208. The molecule has 1 aliphatic heterocycles. The summed E-state index contributed by atoms with van der Waals surface area (Å²) in [5.41, 5.74) is 6.73. The van der Waals surface area contributed by atoms with E-state index in [-0.39, 0.29) is 11.7 Å². The minimum Gasteiger partial charge on any atom is -0.492 e. The molecular weight excluding hydrogens is 380 g/mol. The molecule has 30 heavy (non-hydrogen) atoms.